The molecule has 0 bridgehead atoms. The summed E-state index contributed by atoms with van der Waals surface area (Å²) in [5, 5.41) is 3.13. The van der Waals surface area contributed by atoms with Gasteiger partial charge in [-0.15, -0.1) is 0 Å². The molecule has 3 rings (SSSR count). The van der Waals surface area contributed by atoms with Crippen LogP contribution < -0.4 is 24.2 Å². The first-order chi connectivity index (χ1) is 16.2. The van der Waals surface area contributed by atoms with Crippen LogP contribution in [0.15, 0.2) is 71.6 Å². The number of amides is 1. The van der Waals surface area contributed by atoms with Crippen molar-refractivity contribution in [2.45, 2.75) is 17.9 Å². The van der Waals surface area contributed by atoms with Crippen molar-refractivity contribution in [3.05, 3.63) is 77.3 Å². The number of halogens is 1. The number of hydrogen-bond acceptors (Lipinski definition) is 6. The SMILES string of the molecule is COc1ccc([C@@H](C)NC(=O)COc2ccc(S(=O)(=O)Nc3ccc(OC)c(Cl)c3)cc2)cc1. The van der Waals surface area contributed by atoms with Crippen LogP contribution in [-0.2, 0) is 14.8 Å². The minimum absolute atomic E-state index is 0.0318. The number of hydrogen-bond donors (Lipinski definition) is 2. The number of benzene rings is 3. The van der Waals surface area contributed by atoms with Gasteiger partial charge in [-0.05, 0) is 67.1 Å². The monoisotopic (exact) mass is 504 g/mol. The van der Waals surface area contributed by atoms with Gasteiger partial charge in [0.2, 0.25) is 0 Å². The quantitative estimate of drug-likeness (QED) is 0.424. The fourth-order valence-corrected chi connectivity index (χ4v) is 4.37. The minimum Gasteiger partial charge on any atom is -0.497 e. The third-order valence-corrected chi connectivity index (χ3v) is 6.59. The van der Waals surface area contributed by atoms with E-state index >= 15 is 0 Å². The maximum Gasteiger partial charge on any atom is 0.261 e. The highest BCUT2D eigenvalue weighted by molar-refractivity contribution is 7.92. The van der Waals surface area contributed by atoms with Crippen LogP contribution in [0.5, 0.6) is 17.2 Å². The largest absolute Gasteiger partial charge is 0.497 e. The van der Waals surface area contributed by atoms with Crippen molar-refractivity contribution in [2.75, 3.05) is 25.5 Å². The second-order valence-corrected chi connectivity index (χ2v) is 9.37. The third-order valence-electron chi connectivity index (χ3n) is 4.90. The van der Waals surface area contributed by atoms with Gasteiger partial charge in [-0.25, -0.2) is 8.42 Å². The van der Waals surface area contributed by atoms with Crippen molar-refractivity contribution < 1.29 is 27.4 Å². The molecule has 0 fully saturated rings. The van der Waals surface area contributed by atoms with Gasteiger partial charge in [0.05, 0.1) is 35.9 Å². The first kappa shape index (κ1) is 25.2. The molecule has 34 heavy (non-hydrogen) atoms. The van der Waals surface area contributed by atoms with Crippen LogP contribution in [0.3, 0.4) is 0 Å². The fourth-order valence-electron chi connectivity index (χ4n) is 3.07. The first-order valence-electron chi connectivity index (χ1n) is 10.2. The number of carbonyl (C=O) groups excluding carboxylic acids is 1. The predicted octanol–water partition coefficient (Wildman–Crippen LogP) is 4.41. The Labute approximate surface area is 203 Å². The van der Waals surface area contributed by atoms with Gasteiger partial charge >= 0.3 is 0 Å². The molecular formula is C24H25ClN2O6S. The summed E-state index contributed by atoms with van der Waals surface area (Å²) in [5.74, 6) is 1.23. The van der Waals surface area contributed by atoms with Crippen LogP contribution in [0.25, 0.3) is 0 Å². The van der Waals surface area contributed by atoms with E-state index in [9.17, 15) is 13.2 Å². The van der Waals surface area contributed by atoms with Crippen LogP contribution >= 0.6 is 11.6 Å². The van der Waals surface area contributed by atoms with E-state index in [0.29, 0.717) is 17.2 Å². The number of anilines is 1. The minimum atomic E-state index is -3.84. The molecule has 0 heterocycles. The van der Waals surface area contributed by atoms with E-state index < -0.39 is 10.0 Å². The van der Waals surface area contributed by atoms with E-state index in [0.717, 1.165) is 11.3 Å². The predicted molar refractivity (Wildman–Crippen MR) is 130 cm³/mol. The molecule has 0 spiro atoms. The highest BCUT2D eigenvalue weighted by Gasteiger charge is 2.16. The summed E-state index contributed by atoms with van der Waals surface area (Å²) in [6.07, 6.45) is 0. The van der Waals surface area contributed by atoms with Gasteiger partial charge in [0.25, 0.3) is 15.9 Å². The zero-order valence-electron chi connectivity index (χ0n) is 18.9. The van der Waals surface area contributed by atoms with Crippen LogP contribution in [0.4, 0.5) is 5.69 Å². The van der Waals surface area contributed by atoms with Crippen LogP contribution in [0.2, 0.25) is 5.02 Å². The summed E-state index contributed by atoms with van der Waals surface area (Å²) < 4.78 is 43.4. The molecule has 180 valence electrons. The number of sulfonamides is 1. The van der Waals surface area contributed by atoms with Gasteiger partial charge in [0.1, 0.15) is 17.2 Å². The van der Waals surface area contributed by atoms with Crippen LogP contribution in [0, 0.1) is 0 Å². The molecule has 10 heteroatoms. The van der Waals surface area contributed by atoms with Gasteiger partial charge in [0, 0.05) is 0 Å². The van der Waals surface area contributed by atoms with Crippen molar-refractivity contribution in [3.8, 4) is 17.2 Å². The van der Waals surface area contributed by atoms with Crippen LogP contribution in [0.1, 0.15) is 18.5 Å². The summed E-state index contributed by atoms with van der Waals surface area (Å²) >= 11 is 6.05. The van der Waals surface area contributed by atoms with Crippen molar-refractivity contribution >= 4 is 33.2 Å². The molecule has 0 aromatic heterocycles. The molecule has 8 nitrogen and oxygen atoms in total. The maximum absolute atomic E-state index is 12.6. The molecule has 1 amide bonds. The number of nitrogens with one attached hydrogen (secondary N) is 2. The molecule has 0 aliphatic rings. The zero-order chi connectivity index (χ0) is 24.7. The molecule has 3 aromatic carbocycles. The summed E-state index contributed by atoms with van der Waals surface area (Å²) in [7, 11) is -0.780. The Morgan fingerprint density at radius 1 is 0.941 bits per heavy atom. The molecule has 3 aromatic rings. The Hall–Kier alpha value is -3.43. The van der Waals surface area contributed by atoms with Gasteiger partial charge in [-0.2, -0.15) is 0 Å². The lowest BCUT2D eigenvalue weighted by atomic mass is 10.1. The molecule has 0 unspecified atom stereocenters. The van der Waals surface area contributed by atoms with Gasteiger partial charge in [0.15, 0.2) is 6.61 Å². The normalized spacial score (nSPS) is 11.9. The molecule has 2 N–H and O–H groups in total. The van der Waals surface area contributed by atoms with E-state index in [1.54, 1.807) is 19.2 Å². The Balaban J connectivity index is 1.55. The number of methoxy groups -OCH3 is 2. The van der Waals surface area contributed by atoms with Crippen molar-refractivity contribution in [2.24, 2.45) is 0 Å². The van der Waals surface area contributed by atoms with E-state index in [-0.39, 0.29) is 28.5 Å². The van der Waals surface area contributed by atoms with Gasteiger partial charge in [-0.3, -0.25) is 9.52 Å². The Morgan fingerprint density at radius 3 is 2.18 bits per heavy atom. The van der Waals surface area contributed by atoms with Gasteiger partial charge in [-0.1, -0.05) is 23.7 Å². The summed E-state index contributed by atoms with van der Waals surface area (Å²) in [6.45, 7) is 1.65. The van der Waals surface area contributed by atoms with Crippen LogP contribution in [-0.4, -0.2) is 35.2 Å². The Kier molecular flexibility index (Phi) is 8.25. The van der Waals surface area contributed by atoms with Crippen molar-refractivity contribution in [3.63, 3.8) is 0 Å². The fraction of sp³-hybridized carbons (Fsp3) is 0.208. The highest BCUT2D eigenvalue weighted by Crippen LogP contribution is 2.28. The third kappa shape index (κ3) is 6.55. The topological polar surface area (TPSA) is 103 Å². The lowest BCUT2D eigenvalue weighted by molar-refractivity contribution is -0.123. The molecule has 1 atom stereocenters. The number of ether oxygens (including phenoxy) is 3. The lowest BCUT2D eigenvalue weighted by Gasteiger charge is -2.15. The summed E-state index contributed by atoms with van der Waals surface area (Å²) in [4.78, 5) is 12.3. The van der Waals surface area contributed by atoms with E-state index in [4.69, 9.17) is 25.8 Å². The van der Waals surface area contributed by atoms with Gasteiger partial charge < -0.3 is 19.5 Å². The number of carbonyl (C=O) groups is 1. The highest BCUT2D eigenvalue weighted by atomic mass is 35.5. The van der Waals surface area contributed by atoms with E-state index in [1.165, 1.54) is 37.4 Å². The van der Waals surface area contributed by atoms with Crippen molar-refractivity contribution in [1.29, 1.82) is 0 Å². The number of rotatable bonds is 10. The second kappa shape index (κ2) is 11.1. The summed E-state index contributed by atoms with van der Waals surface area (Å²) in [6, 6.07) is 17.5. The van der Waals surface area contributed by atoms with E-state index in [1.807, 2.05) is 31.2 Å². The Bertz CT molecular complexity index is 1230. The average Bonchev–Trinajstić information content (AvgIpc) is 2.83. The molecule has 0 saturated heterocycles. The maximum atomic E-state index is 12.6. The average molecular weight is 505 g/mol. The molecule has 0 saturated carbocycles. The zero-order valence-corrected chi connectivity index (χ0v) is 20.4. The Morgan fingerprint density at radius 2 is 1.59 bits per heavy atom. The van der Waals surface area contributed by atoms with E-state index in [2.05, 4.69) is 10.0 Å². The first-order valence-corrected chi connectivity index (χ1v) is 12.1. The standard InChI is InChI=1S/C24H25ClN2O6S/c1-16(17-4-7-19(31-2)8-5-17)26-24(28)15-33-20-9-11-21(12-10-20)34(29,30)27-18-6-13-23(32-3)22(25)14-18/h4-14,16,27H,15H2,1-3H3,(H,26,28)/t16-/m1/s1. The molecular weight excluding hydrogens is 480 g/mol. The second-order valence-electron chi connectivity index (χ2n) is 7.28. The molecule has 0 aliphatic heterocycles. The summed E-state index contributed by atoms with van der Waals surface area (Å²) in [5.41, 5.74) is 1.23. The molecule has 0 radical (unpaired) electrons. The molecule has 0 aliphatic carbocycles. The van der Waals surface area contributed by atoms with Crippen molar-refractivity contribution in [1.82, 2.24) is 5.32 Å². The lowest BCUT2D eigenvalue weighted by Crippen LogP contribution is -2.31. The smallest absolute Gasteiger partial charge is 0.261 e.